The van der Waals surface area contributed by atoms with Gasteiger partial charge in [0.25, 0.3) is 0 Å². The number of carbonyl (C=O) groups is 2. The first-order valence-corrected chi connectivity index (χ1v) is 6.57. The molecule has 17 heavy (non-hydrogen) atoms. The Morgan fingerprint density at radius 1 is 1.18 bits per heavy atom. The summed E-state index contributed by atoms with van der Waals surface area (Å²) in [4.78, 5) is 22.6. The predicted octanol–water partition coefficient (Wildman–Crippen LogP) is 3.29. The van der Waals surface area contributed by atoms with Gasteiger partial charge in [-0.3, -0.25) is 9.59 Å². The molecule has 0 spiro atoms. The largest absolute Gasteiger partial charge is 0.460 e. The van der Waals surface area contributed by atoms with Crippen LogP contribution in [0.2, 0.25) is 0 Å². The maximum atomic E-state index is 11.6. The molecule has 1 fully saturated rings. The zero-order valence-electron chi connectivity index (χ0n) is 10.8. The number of halogens is 1. The average Bonchev–Trinajstić information content (AvgIpc) is 2.15. The van der Waals surface area contributed by atoms with Gasteiger partial charge in [-0.2, -0.15) is 0 Å². The van der Waals surface area contributed by atoms with Gasteiger partial charge in [0.2, 0.25) is 5.24 Å². The highest BCUT2D eigenvalue weighted by molar-refractivity contribution is 6.63. The van der Waals surface area contributed by atoms with Crippen LogP contribution in [0.5, 0.6) is 0 Å². The maximum Gasteiger partial charge on any atom is 0.306 e. The number of carbonyl (C=O) groups excluding carboxylic acids is 2. The van der Waals surface area contributed by atoms with E-state index in [1.165, 1.54) is 0 Å². The van der Waals surface area contributed by atoms with Gasteiger partial charge >= 0.3 is 5.97 Å². The molecule has 0 aromatic heterocycles. The van der Waals surface area contributed by atoms with Crippen molar-refractivity contribution in [3.63, 3.8) is 0 Å². The van der Waals surface area contributed by atoms with E-state index in [1.54, 1.807) is 0 Å². The minimum absolute atomic E-state index is 0.00782. The van der Waals surface area contributed by atoms with E-state index >= 15 is 0 Å². The van der Waals surface area contributed by atoms with Crippen LogP contribution in [0.3, 0.4) is 0 Å². The van der Waals surface area contributed by atoms with Crippen molar-refractivity contribution in [3.8, 4) is 0 Å². The van der Waals surface area contributed by atoms with Crippen molar-refractivity contribution < 1.29 is 14.3 Å². The van der Waals surface area contributed by atoms with Crippen LogP contribution < -0.4 is 0 Å². The number of esters is 1. The van der Waals surface area contributed by atoms with Crippen LogP contribution in [0.4, 0.5) is 0 Å². The second kappa shape index (κ2) is 5.85. The Balaban J connectivity index is 2.31. The van der Waals surface area contributed by atoms with Crippen LogP contribution in [-0.2, 0) is 14.3 Å². The molecule has 0 atom stereocenters. The third-order valence-electron chi connectivity index (χ3n) is 3.04. The highest BCUT2D eigenvalue weighted by Crippen LogP contribution is 2.32. The Hall–Kier alpha value is -0.570. The number of ether oxygens (including phenoxy) is 1. The molecule has 98 valence electrons. The van der Waals surface area contributed by atoms with Gasteiger partial charge in [0, 0.05) is 12.3 Å². The van der Waals surface area contributed by atoms with Crippen LogP contribution in [0.1, 0.15) is 52.9 Å². The molecule has 0 N–H and O–H groups in total. The first-order chi connectivity index (χ1) is 7.78. The lowest BCUT2D eigenvalue weighted by Crippen LogP contribution is -2.27. The summed E-state index contributed by atoms with van der Waals surface area (Å²) in [6, 6.07) is 0. The first-order valence-electron chi connectivity index (χ1n) is 6.19. The molecule has 0 heterocycles. The molecule has 1 rings (SSSR count). The molecular weight excluding hydrogens is 240 g/mol. The van der Waals surface area contributed by atoms with E-state index in [-0.39, 0.29) is 17.1 Å². The predicted molar refractivity (Wildman–Crippen MR) is 66.8 cm³/mol. The summed E-state index contributed by atoms with van der Waals surface area (Å²) in [6.45, 7) is 5.61. The molecule has 0 aromatic rings. The fourth-order valence-corrected chi connectivity index (χ4v) is 2.43. The van der Waals surface area contributed by atoms with E-state index in [2.05, 4.69) is 0 Å². The van der Waals surface area contributed by atoms with Gasteiger partial charge in [-0.25, -0.2) is 0 Å². The lowest BCUT2D eigenvalue weighted by molar-refractivity contribution is -0.156. The van der Waals surface area contributed by atoms with Crippen LogP contribution in [0.15, 0.2) is 0 Å². The summed E-state index contributed by atoms with van der Waals surface area (Å²) in [7, 11) is 0. The topological polar surface area (TPSA) is 43.4 Å². The number of rotatable bonds is 3. The number of hydrogen-bond donors (Lipinski definition) is 0. The first kappa shape index (κ1) is 14.5. The standard InChI is InChI=1S/C13H21ClO3/c1-13(2,3)17-11(15)8-9-4-6-10(7-5-9)12(14)16/h9-10H,4-8H2,1-3H3. The Kier molecular flexibility index (Phi) is 4.99. The third kappa shape index (κ3) is 5.53. The van der Waals surface area contributed by atoms with Crippen molar-refractivity contribution in [2.45, 2.75) is 58.5 Å². The summed E-state index contributed by atoms with van der Waals surface area (Å²) < 4.78 is 5.28. The molecule has 0 saturated heterocycles. The third-order valence-corrected chi connectivity index (χ3v) is 3.35. The zero-order chi connectivity index (χ0) is 13.1. The molecule has 4 heteroatoms. The van der Waals surface area contributed by atoms with Gasteiger partial charge in [-0.15, -0.1) is 0 Å². The SMILES string of the molecule is CC(C)(C)OC(=O)CC1CCC(C(=O)Cl)CC1. The molecule has 0 aliphatic heterocycles. The average molecular weight is 261 g/mol. The number of hydrogen-bond acceptors (Lipinski definition) is 3. The van der Waals surface area contributed by atoms with Gasteiger partial charge < -0.3 is 4.74 Å². The fourth-order valence-electron chi connectivity index (χ4n) is 2.21. The summed E-state index contributed by atoms with van der Waals surface area (Å²) in [5.41, 5.74) is -0.416. The zero-order valence-corrected chi connectivity index (χ0v) is 11.5. The molecule has 1 saturated carbocycles. The van der Waals surface area contributed by atoms with E-state index in [0.29, 0.717) is 12.3 Å². The molecule has 1 aliphatic carbocycles. The minimum atomic E-state index is -0.416. The Bertz CT molecular complexity index is 286. The second-order valence-corrected chi connectivity index (χ2v) is 6.18. The highest BCUT2D eigenvalue weighted by Gasteiger charge is 2.27. The van der Waals surface area contributed by atoms with Gasteiger partial charge in [-0.05, 0) is 64.0 Å². The van der Waals surface area contributed by atoms with Crippen molar-refractivity contribution in [1.82, 2.24) is 0 Å². The highest BCUT2D eigenvalue weighted by atomic mass is 35.5. The van der Waals surface area contributed by atoms with E-state index in [9.17, 15) is 9.59 Å². The van der Waals surface area contributed by atoms with Gasteiger partial charge in [0.15, 0.2) is 0 Å². The van der Waals surface area contributed by atoms with E-state index < -0.39 is 5.60 Å². The van der Waals surface area contributed by atoms with Gasteiger partial charge in [0.1, 0.15) is 5.60 Å². The van der Waals surface area contributed by atoms with Crippen molar-refractivity contribution in [2.24, 2.45) is 11.8 Å². The Morgan fingerprint density at radius 3 is 2.12 bits per heavy atom. The van der Waals surface area contributed by atoms with Crippen LogP contribution in [-0.4, -0.2) is 16.8 Å². The lowest BCUT2D eigenvalue weighted by Gasteiger charge is -2.27. The lowest BCUT2D eigenvalue weighted by atomic mass is 9.81. The summed E-state index contributed by atoms with van der Waals surface area (Å²) in [6.07, 6.45) is 3.84. The van der Waals surface area contributed by atoms with E-state index in [0.717, 1.165) is 25.7 Å². The monoisotopic (exact) mass is 260 g/mol. The quantitative estimate of drug-likeness (QED) is 0.578. The minimum Gasteiger partial charge on any atom is -0.460 e. The van der Waals surface area contributed by atoms with E-state index in [1.807, 2.05) is 20.8 Å². The smallest absolute Gasteiger partial charge is 0.306 e. The van der Waals surface area contributed by atoms with Crippen molar-refractivity contribution in [2.75, 3.05) is 0 Å². The van der Waals surface area contributed by atoms with Crippen molar-refractivity contribution in [1.29, 1.82) is 0 Å². The normalized spacial score (nSPS) is 25.4. The summed E-state index contributed by atoms with van der Waals surface area (Å²) >= 11 is 5.47. The molecule has 0 unspecified atom stereocenters. The molecule has 0 radical (unpaired) electrons. The molecule has 0 bridgehead atoms. The molecule has 0 aromatic carbocycles. The molecular formula is C13H21ClO3. The summed E-state index contributed by atoms with van der Waals surface area (Å²) in [5.74, 6) is 0.196. The fraction of sp³-hybridized carbons (Fsp3) is 0.846. The summed E-state index contributed by atoms with van der Waals surface area (Å²) in [5, 5.41) is -0.235. The van der Waals surface area contributed by atoms with E-state index in [4.69, 9.17) is 16.3 Å². The molecule has 3 nitrogen and oxygen atoms in total. The molecule has 1 aliphatic rings. The maximum absolute atomic E-state index is 11.6. The Labute approximate surface area is 108 Å². The molecule has 0 amide bonds. The van der Waals surface area contributed by atoms with Crippen LogP contribution >= 0.6 is 11.6 Å². The van der Waals surface area contributed by atoms with Gasteiger partial charge in [-0.1, -0.05) is 0 Å². The van der Waals surface area contributed by atoms with Crippen LogP contribution in [0.25, 0.3) is 0 Å². The van der Waals surface area contributed by atoms with Crippen molar-refractivity contribution >= 4 is 22.8 Å². The Morgan fingerprint density at radius 2 is 1.71 bits per heavy atom. The van der Waals surface area contributed by atoms with Crippen molar-refractivity contribution in [3.05, 3.63) is 0 Å². The second-order valence-electron chi connectivity index (χ2n) is 5.81. The van der Waals surface area contributed by atoms with Crippen LogP contribution in [0, 0.1) is 11.8 Å². The van der Waals surface area contributed by atoms with Gasteiger partial charge in [0.05, 0.1) is 0 Å².